The van der Waals surface area contributed by atoms with Crippen molar-refractivity contribution in [3.63, 3.8) is 0 Å². The Labute approximate surface area is 87.9 Å². The molecule has 80 valence electrons. The maximum atomic E-state index is 11.8. The first-order valence-electron chi connectivity index (χ1n) is 4.93. The molecule has 0 fully saturated rings. The molecule has 0 aliphatic rings. The Balaban J connectivity index is 2.39. The number of nitrogens with one attached hydrogen (secondary N) is 1. The van der Waals surface area contributed by atoms with Gasteiger partial charge in [0.25, 0.3) is 5.91 Å². The zero-order valence-corrected chi connectivity index (χ0v) is 9.07. The van der Waals surface area contributed by atoms with E-state index >= 15 is 0 Å². The lowest BCUT2D eigenvalue weighted by Gasteiger charge is -2.08. The van der Waals surface area contributed by atoms with Crippen molar-refractivity contribution < 1.29 is 9.21 Å². The zero-order valence-electron chi connectivity index (χ0n) is 9.07. The second kappa shape index (κ2) is 3.46. The summed E-state index contributed by atoms with van der Waals surface area (Å²) in [6, 6.07) is 3.74. The number of nitrogens with zero attached hydrogens (tertiary/aromatic N) is 1. The van der Waals surface area contributed by atoms with Crippen LogP contribution in [-0.4, -0.2) is 16.5 Å². The highest BCUT2D eigenvalue weighted by Gasteiger charge is 2.15. The van der Waals surface area contributed by atoms with Gasteiger partial charge in [-0.15, -0.1) is 0 Å². The van der Waals surface area contributed by atoms with Crippen LogP contribution >= 0.6 is 0 Å². The third-order valence-corrected chi connectivity index (χ3v) is 2.32. The fourth-order valence-electron chi connectivity index (χ4n) is 1.60. The molecule has 0 aliphatic heterocycles. The minimum Gasteiger partial charge on any atom is -0.463 e. The van der Waals surface area contributed by atoms with Gasteiger partial charge < -0.3 is 14.3 Å². The largest absolute Gasteiger partial charge is 0.463 e. The number of furan rings is 1. The maximum Gasteiger partial charge on any atom is 0.268 e. The summed E-state index contributed by atoms with van der Waals surface area (Å²) in [6.07, 6.45) is 1.62. The molecule has 0 atom stereocenters. The Hall–Kier alpha value is -1.71. The third kappa shape index (κ3) is 1.63. The van der Waals surface area contributed by atoms with Gasteiger partial charge in [-0.05, 0) is 13.8 Å². The summed E-state index contributed by atoms with van der Waals surface area (Å²) in [5.74, 6) is -0.0705. The number of aromatic nitrogens is 1. The predicted octanol–water partition coefficient (Wildman–Crippen LogP) is 1.91. The number of hydrogen-bond acceptors (Lipinski definition) is 2. The second-order valence-corrected chi connectivity index (χ2v) is 3.89. The van der Waals surface area contributed by atoms with Crippen LogP contribution in [0, 0.1) is 0 Å². The molecule has 0 aliphatic carbocycles. The summed E-state index contributed by atoms with van der Waals surface area (Å²) < 4.78 is 7.06. The van der Waals surface area contributed by atoms with Gasteiger partial charge in [0.15, 0.2) is 5.58 Å². The minimum absolute atomic E-state index is 0.0705. The fourth-order valence-corrected chi connectivity index (χ4v) is 1.60. The van der Waals surface area contributed by atoms with Crippen LogP contribution in [-0.2, 0) is 7.05 Å². The van der Waals surface area contributed by atoms with Crippen LogP contribution in [0.3, 0.4) is 0 Å². The quantitative estimate of drug-likeness (QED) is 0.815. The Morgan fingerprint density at radius 3 is 2.87 bits per heavy atom. The van der Waals surface area contributed by atoms with Gasteiger partial charge >= 0.3 is 0 Å². The first-order chi connectivity index (χ1) is 7.09. The monoisotopic (exact) mass is 206 g/mol. The van der Waals surface area contributed by atoms with Gasteiger partial charge in [0, 0.05) is 25.2 Å². The molecule has 4 nitrogen and oxygen atoms in total. The summed E-state index contributed by atoms with van der Waals surface area (Å²) >= 11 is 0. The highest BCUT2D eigenvalue weighted by atomic mass is 16.3. The second-order valence-electron chi connectivity index (χ2n) is 3.89. The Morgan fingerprint density at radius 1 is 1.53 bits per heavy atom. The lowest BCUT2D eigenvalue weighted by molar-refractivity contribution is 0.0935. The summed E-state index contributed by atoms with van der Waals surface area (Å²) in [7, 11) is 1.85. The average Bonchev–Trinajstić information content (AvgIpc) is 2.67. The van der Waals surface area contributed by atoms with E-state index in [9.17, 15) is 4.79 Å². The van der Waals surface area contributed by atoms with Crippen molar-refractivity contribution in [3.05, 3.63) is 24.1 Å². The number of fused-ring (bicyclic) bond motifs is 1. The molecule has 2 aromatic rings. The van der Waals surface area contributed by atoms with E-state index in [4.69, 9.17) is 4.42 Å². The normalized spacial score (nSPS) is 11.2. The summed E-state index contributed by atoms with van der Waals surface area (Å²) in [5, 5.41) is 2.85. The summed E-state index contributed by atoms with van der Waals surface area (Å²) in [5.41, 5.74) is 2.30. The molecule has 0 bridgehead atoms. The smallest absolute Gasteiger partial charge is 0.268 e. The van der Waals surface area contributed by atoms with Crippen molar-refractivity contribution in [1.82, 2.24) is 9.88 Å². The highest BCUT2D eigenvalue weighted by molar-refractivity contribution is 5.97. The van der Waals surface area contributed by atoms with Crippen LogP contribution < -0.4 is 5.32 Å². The SMILES string of the molecule is CC(C)NC(=O)c1cc2occc2n1C. The van der Waals surface area contributed by atoms with Crippen LogP contribution in [0.15, 0.2) is 22.8 Å². The average molecular weight is 206 g/mol. The number of rotatable bonds is 2. The van der Waals surface area contributed by atoms with Crippen LogP contribution in [0.5, 0.6) is 0 Å². The van der Waals surface area contributed by atoms with Gasteiger partial charge in [0.1, 0.15) is 5.69 Å². The lowest BCUT2D eigenvalue weighted by Crippen LogP contribution is -2.31. The molecule has 4 heteroatoms. The number of aryl methyl sites for hydroxylation is 1. The molecule has 0 radical (unpaired) electrons. The number of carbonyl (C=O) groups is 1. The number of carbonyl (C=O) groups excluding carboxylic acids is 1. The van der Waals surface area contributed by atoms with Crippen LogP contribution in [0.4, 0.5) is 0 Å². The van der Waals surface area contributed by atoms with E-state index in [-0.39, 0.29) is 11.9 Å². The molecule has 0 spiro atoms. The molecule has 2 heterocycles. The fraction of sp³-hybridized carbons (Fsp3) is 0.364. The molecular formula is C11H14N2O2. The Bertz CT molecular complexity index is 494. The van der Waals surface area contributed by atoms with Gasteiger partial charge in [-0.2, -0.15) is 0 Å². The van der Waals surface area contributed by atoms with E-state index < -0.39 is 0 Å². The molecule has 2 aromatic heterocycles. The van der Waals surface area contributed by atoms with E-state index in [1.54, 1.807) is 12.3 Å². The lowest BCUT2D eigenvalue weighted by atomic mass is 10.3. The maximum absolute atomic E-state index is 11.8. The minimum atomic E-state index is -0.0705. The van der Waals surface area contributed by atoms with Gasteiger partial charge in [-0.3, -0.25) is 4.79 Å². The van der Waals surface area contributed by atoms with Gasteiger partial charge in [0.05, 0.1) is 11.8 Å². The van der Waals surface area contributed by atoms with Crippen LogP contribution in [0.25, 0.3) is 11.1 Å². The number of hydrogen-bond donors (Lipinski definition) is 1. The van der Waals surface area contributed by atoms with E-state index in [1.165, 1.54) is 0 Å². The van der Waals surface area contributed by atoms with Gasteiger partial charge in [-0.25, -0.2) is 0 Å². The molecule has 0 saturated heterocycles. The predicted molar refractivity (Wildman–Crippen MR) is 57.8 cm³/mol. The molecule has 0 aromatic carbocycles. The zero-order chi connectivity index (χ0) is 11.0. The number of amides is 1. The molecule has 1 amide bonds. The van der Waals surface area contributed by atoms with Crippen molar-refractivity contribution in [2.45, 2.75) is 19.9 Å². The van der Waals surface area contributed by atoms with Crippen molar-refractivity contribution in [3.8, 4) is 0 Å². The first kappa shape index (κ1) is 9.83. The Morgan fingerprint density at radius 2 is 2.27 bits per heavy atom. The standard InChI is InChI=1S/C11H14N2O2/c1-7(2)12-11(14)9-6-10-8(13(9)3)4-5-15-10/h4-7H,1-3H3,(H,12,14). The Kier molecular flexibility index (Phi) is 2.26. The van der Waals surface area contributed by atoms with Crippen LogP contribution in [0.2, 0.25) is 0 Å². The summed E-state index contributed by atoms with van der Waals surface area (Å²) in [4.78, 5) is 11.8. The first-order valence-corrected chi connectivity index (χ1v) is 4.93. The summed E-state index contributed by atoms with van der Waals surface area (Å²) in [6.45, 7) is 3.87. The van der Waals surface area contributed by atoms with Gasteiger partial charge in [-0.1, -0.05) is 0 Å². The van der Waals surface area contributed by atoms with Gasteiger partial charge in [0.2, 0.25) is 0 Å². The molecular weight excluding hydrogens is 192 g/mol. The van der Waals surface area contributed by atoms with E-state index in [0.29, 0.717) is 5.69 Å². The highest BCUT2D eigenvalue weighted by Crippen LogP contribution is 2.19. The van der Waals surface area contributed by atoms with Crippen molar-refractivity contribution in [1.29, 1.82) is 0 Å². The van der Waals surface area contributed by atoms with Crippen molar-refractivity contribution >= 4 is 17.0 Å². The topological polar surface area (TPSA) is 47.2 Å². The van der Waals surface area contributed by atoms with Crippen molar-refractivity contribution in [2.75, 3.05) is 0 Å². The van der Waals surface area contributed by atoms with E-state index in [0.717, 1.165) is 11.1 Å². The third-order valence-electron chi connectivity index (χ3n) is 2.32. The molecule has 1 N–H and O–H groups in total. The molecule has 15 heavy (non-hydrogen) atoms. The molecule has 0 unspecified atom stereocenters. The van der Waals surface area contributed by atoms with Crippen LogP contribution in [0.1, 0.15) is 24.3 Å². The van der Waals surface area contributed by atoms with E-state index in [1.807, 2.05) is 31.5 Å². The van der Waals surface area contributed by atoms with E-state index in [2.05, 4.69) is 5.32 Å². The molecule has 2 rings (SSSR count). The molecule has 0 saturated carbocycles. The van der Waals surface area contributed by atoms with Crippen molar-refractivity contribution in [2.24, 2.45) is 7.05 Å².